The van der Waals surface area contributed by atoms with Gasteiger partial charge in [0, 0.05) is 10.8 Å². The van der Waals surface area contributed by atoms with Gasteiger partial charge in [0.25, 0.3) is 0 Å². The highest BCUT2D eigenvalue weighted by molar-refractivity contribution is 7.10. The molecule has 1 N–H and O–H groups in total. The lowest BCUT2D eigenvalue weighted by Gasteiger charge is -2.37. The second-order valence-corrected chi connectivity index (χ2v) is 6.60. The molecule has 1 aliphatic carbocycles. The van der Waals surface area contributed by atoms with Crippen molar-refractivity contribution in [1.82, 2.24) is 0 Å². The standard InChI is InChI=1S/C17H16FNS/c1-10-8-9-20-17(10)16-13-5-2-4-11(13)12-6-3-7-14(18)15(12)19-16/h2-4,6-9,11,13,16,19H,5H2,1H3. The molecule has 1 nitrogen and oxygen atoms in total. The number of aryl methyl sites for hydroxylation is 1. The van der Waals surface area contributed by atoms with Gasteiger partial charge in [-0.1, -0.05) is 24.3 Å². The minimum atomic E-state index is -0.138. The highest BCUT2D eigenvalue weighted by atomic mass is 32.1. The zero-order valence-corrected chi connectivity index (χ0v) is 12.1. The molecule has 1 aromatic carbocycles. The number of halogens is 1. The normalized spacial score (nSPS) is 27.0. The maximum Gasteiger partial charge on any atom is 0.146 e. The van der Waals surface area contributed by atoms with Crippen LogP contribution in [0.5, 0.6) is 0 Å². The van der Waals surface area contributed by atoms with Crippen LogP contribution in [0.1, 0.15) is 34.4 Å². The molecule has 0 spiro atoms. The molecule has 3 atom stereocenters. The van der Waals surface area contributed by atoms with Crippen molar-refractivity contribution in [3.8, 4) is 0 Å². The molecule has 3 heteroatoms. The second kappa shape index (κ2) is 4.45. The molecule has 102 valence electrons. The van der Waals surface area contributed by atoms with Gasteiger partial charge in [0.2, 0.25) is 0 Å². The quantitative estimate of drug-likeness (QED) is 0.725. The molecule has 0 fully saturated rings. The van der Waals surface area contributed by atoms with Crippen molar-refractivity contribution in [3.63, 3.8) is 0 Å². The first-order valence-corrected chi connectivity index (χ1v) is 7.89. The highest BCUT2D eigenvalue weighted by Crippen LogP contribution is 2.51. The van der Waals surface area contributed by atoms with Gasteiger partial charge in [-0.15, -0.1) is 11.3 Å². The monoisotopic (exact) mass is 285 g/mol. The van der Waals surface area contributed by atoms with Crippen molar-refractivity contribution >= 4 is 17.0 Å². The third kappa shape index (κ3) is 1.66. The predicted molar refractivity (Wildman–Crippen MR) is 81.8 cm³/mol. The molecule has 0 amide bonds. The summed E-state index contributed by atoms with van der Waals surface area (Å²) in [6, 6.07) is 7.78. The van der Waals surface area contributed by atoms with Gasteiger partial charge in [-0.2, -0.15) is 0 Å². The summed E-state index contributed by atoms with van der Waals surface area (Å²) in [6.45, 7) is 2.14. The molecule has 4 rings (SSSR count). The van der Waals surface area contributed by atoms with E-state index in [1.54, 1.807) is 17.4 Å². The van der Waals surface area contributed by atoms with Crippen LogP contribution in [0.3, 0.4) is 0 Å². The number of hydrogen-bond acceptors (Lipinski definition) is 2. The third-order valence-corrected chi connectivity index (χ3v) is 5.63. The summed E-state index contributed by atoms with van der Waals surface area (Å²) in [5, 5.41) is 5.60. The van der Waals surface area contributed by atoms with Crippen LogP contribution in [-0.4, -0.2) is 0 Å². The number of thiophene rings is 1. The van der Waals surface area contributed by atoms with Crippen molar-refractivity contribution in [2.24, 2.45) is 5.92 Å². The van der Waals surface area contributed by atoms with E-state index < -0.39 is 0 Å². The highest BCUT2D eigenvalue weighted by Gasteiger charge is 2.39. The van der Waals surface area contributed by atoms with Crippen molar-refractivity contribution < 1.29 is 4.39 Å². The third-order valence-electron chi connectivity index (χ3n) is 4.53. The summed E-state index contributed by atoms with van der Waals surface area (Å²) in [5.41, 5.74) is 3.10. The summed E-state index contributed by atoms with van der Waals surface area (Å²) in [7, 11) is 0. The maximum atomic E-state index is 14.2. The molecular weight excluding hydrogens is 269 g/mol. The molecule has 2 heterocycles. The minimum Gasteiger partial charge on any atom is -0.374 e. The molecule has 2 aromatic rings. The van der Waals surface area contributed by atoms with E-state index >= 15 is 0 Å². The number of para-hydroxylation sites is 1. The van der Waals surface area contributed by atoms with Crippen molar-refractivity contribution in [3.05, 3.63) is 63.6 Å². The smallest absolute Gasteiger partial charge is 0.146 e. The number of allylic oxidation sites excluding steroid dienone is 2. The molecule has 20 heavy (non-hydrogen) atoms. The Bertz CT molecular complexity index is 688. The summed E-state index contributed by atoms with van der Waals surface area (Å²) in [5.74, 6) is 0.704. The fraction of sp³-hybridized carbons (Fsp3) is 0.294. The van der Waals surface area contributed by atoms with E-state index in [4.69, 9.17) is 0 Å². The number of fused-ring (bicyclic) bond motifs is 3. The van der Waals surface area contributed by atoms with E-state index in [0.29, 0.717) is 17.5 Å². The maximum absolute atomic E-state index is 14.2. The summed E-state index contributed by atoms with van der Waals surface area (Å²) in [6.07, 6.45) is 5.56. The van der Waals surface area contributed by atoms with E-state index in [1.807, 2.05) is 6.07 Å². The van der Waals surface area contributed by atoms with Crippen LogP contribution in [-0.2, 0) is 0 Å². The average molecular weight is 285 g/mol. The van der Waals surface area contributed by atoms with E-state index in [9.17, 15) is 4.39 Å². The second-order valence-electron chi connectivity index (χ2n) is 5.65. The largest absolute Gasteiger partial charge is 0.374 e. The Kier molecular flexibility index (Phi) is 2.71. The Labute approximate surface area is 122 Å². The Balaban J connectivity index is 1.85. The number of nitrogens with one attached hydrogen (secondary N) is 1. The summed E-state index contributed by atoms with van der Waals surface area (Å²) in [4.78, 5) is 1.35. The lowest BCUT2D eigenvalue weighted by molar-refractivity contribution is 0.424. The zero-order valence-electron chi connectivity index (χ0n) is 11.3. The SMILES string of the molecule is Cc1ccsc1C1Nc2c(F)cccc2C2C=CCC21. The molecule has 0 bridgehead atoms. The van der Waals surface area contributed by atoms with Gasteiger partial charge in [-0.3, -0.25) is 0 Å². The van der Waals surface area contributed by atoms with Crippen molar-refractivity contribution in [1.29, 1.82) is 0 Å². The van der Waals surface area contributed by atoms with Gasteiger partial charge >= 0.3 is 0 Å². The van der Waals surface area contributed by atoms with Gasteiger partial charge in [0.05, 0.1) is 11.7 Å². The van der Waals surface area contributed by atoms with Gasteiger partial charge in [0.15, 0.2) is 0 Å². The van der Waals surface area contributed by atoms with E-state index in [2.05, 4.69) is 41.9 Å². The molecule has 0 radical (unpaired) electrons. The number of benzene rings is 1. The van der Waals surface area contributed by atoms with E-state index in [0.717, 1.165) is 12.0 Å². The average Bonchev–Trinajstić information content (AvgIpc) is 3.07. The van der Waals surface area contributed by atoms with Crippen molar-refractivity contribution in [2.75, 3.05) is 5.32 Å². The topological polar surface area (TPSA) is 12.0 Å². The lowest BCUT2D eigenvalue weighted by Crippen LogP contribution is -2.29. The predicted octanol–water partition coefficient (Wildman–Crippen LogP) is 5.02. The fourth-order valence-corrected chi connectivity index (χ4v) is 4.60. The minimum absolute atomic E-state index is 0.138. The molecule has 2 aliphatic rings. The van der Waals surface area contributed by atoms with Crippen LogP contribution in [0.15, 0.2) is 41.8 Å². The fourth-order valence-electron chi connectivity index (χ4n) is 3.55. The van der Waals surface area contributed by atoms with E-state index in [-0.39, 0.29) is 11.9 Å². The Morgan fingerprint density at radius 3 is 3.00 bits per heavy atom. The molecular formula is C17H16FNS. The molecule has 1 aromatic heterocycles. The molecule has 3 unspecified atom stereocenters. The van der Waals surface area contributed by atoms with Crippen LogP contribution >= 0.6 is 11.3 Å². The zero-order chi connectivity index (χ0) is 13.7. The summed E-state index contributed by atoms with van der Waals surface area (Å²) >= 11 is 1.77. The van der Waals surface area contributed by atoms with Gasteiger partial charge in [-0.05, 0) is 47.9 Å². The van der Waals surface area contributed by atoms with Crippen LogP contribution in [0.25, 0.3) is 0 Å². The summed E-state index contributed by atoms with van der Waals surface area (Å²) < 4.78 is 14.2. The van der Waals surface area contributed by atoms with Gasteiger partial charge < -0.3 is 5.32 Å². The first-order chi connectivity index (χ1) is 9.75. The van der Waals surface area contributed by atoms with Gasteiger partial charge in [0.1, 0.15) is 5.82 Å². The Morgan fingerprint density at radius 1 is 1.30 bits per heavy atom. The molecule has 1 aliphatic heterocycles. The number of anilines is 1. The van der Waals surface area contributed by atoms with Crippen LogP contribution in [0, 0.1) is 18.7 Å². The first kappa shape index (κ1) is 12.2. The Morgan fingerprint density at radius 2 is 2.20 bits per heavy atom. The lowest BCUT2D eigenvalue weighted by atomic mass is 9.78. The van der Waals surface area contributed by atoms with Crippen LogP contribution in [0.2, 0.25) is 0 Å². The van der Waals surface area contributed by atoms with Gasteiger partial charge in [-0.25, -0.2) is 4.39 Å². The molecule has 0 saturated carbocycles. The van der Waals surface area contributed by atoms with Crippen LogP contribution < -0.4 is 5.32 Å². The van der Waals surface area contributed by atoms with Crippen molar-refractivity contribution in [2.45, 2.75) is 25.3 Å². The van der Waals surface area contributed by atoms with Crippen LogP contribution in [0.4, 0.5) is 10.1 Å². The van der Waals surface area contributed by atoms with E-state index in [1.165, 1.54) is 10.4 Å². The first-order valence-electron chi connectivity index (χ1n) is 7.01. The Hall–Kier alpha value is -1.61. The number of rotatable bonds is 1. The number of hydrogen-bond donors (Lipinski definition) is 1. The molecule has 0 saturated heterocycles.